The molecular formula is C19H30N4O2S. The lowest BCUT2D eigenvalue weighted by Gasteiger charge is -2.33. The van der Waals surface area contributed by atoms with Crippen LogP contribution in [0.4, 0.5) is 4.79 Å². The number of likely N-dealkylation sites (tertiary alicyclic amines) is 1. The van der Waals surface area contributed by atoms with Crippen molar-refractivity contribution in [3.8, 4) is 0 Å². The topological polar surface area (TPSA) is 74.3 Å². The molecular weight excluding hydrogens is 348 g/mol. The molecule has 26 heavy (non-hydrogen) atoms. The number of nitrogens with one attached hydrogen (secondary N) is 2. The maximum atomic E-state index is 12.3. The van der Waals surface area contributed by atoms with Gasteiger partial charge >= 0.3 is 6.03 Å². The van der Waals surface area contributed by atoms with Crippen molar-refractivity contribution in [1.82, 2.24) is 20.5 Å². The number of urea groups is 1. The van der Waals surface area contributed by atoms with Crippen LogP contribution in [-0.4, -0.2) is 47.0 Å². The van der Waals surface area contributed by atoms with E-state index >= 15 is 0 Å². The summed E-state index contributed by atoms with van der Waals surface area (Å²) in [5, 5.41) is 9.30. The van der Waals surface area contributed by atoms with E-state index in [9.17, 15) is 9.59 Å². The second-order valence-corrected chi connectivity index (χ2v) is 9.32. The number of hydrogen-bond acceptors (Lipinski definition) is 4. The smallest absolute Gasteiger partial charge is 0.317 e. The van der Waals surface area contributed by atoms with Crippen LogP contribution in [0.2, 0.25) is 0 Å². The minimum Gasteiger partial charge on any atom is -0.355 e. The number of carbonyl (C=O) groups excluding carboxylic acids is 2. The Kier molecular flexibility index (Phi) is 5.85. The molecule has 7 heteroatoms. The lowest BCUT2D eigenvalue weighted by molar-refractivity contribution is -0.122. The van der Waals surface area contributed by atoms with Gasteiger partial charge in [-0.2, -0.15) is 0 Å². The van der Waals surface area contributed by atoms with Gasteiger partial charge in [0.05, 0.1) is 10.7 Å². The summed E-state index contributed by atoms with van der Waals surface area (Å²) < 4.78 is 0. The van der Waals surface area contributed by atoms with Crippen LogP contribution >= 0.6 is 11.3 Å². The molecule has 0 radical (unpaired) electrons. The van der Waals surface area contributed by atoms with E-state index in [1.165, 1.54) is 5.01 Å². The zero-order valence-corrected chi connectivity index (χ0v) is 16.8. The molecule has 1 aliphatic heterocycles. The number of amides is 3. The van der Waals surface area contributed by atoms with Gasteiger partial charge in [-0.05, 0) is 46.5 Å². The van der Waals surface area contributed by atoms with Gasteiger partial charge in [0.1, 0.15) is 0 Å². The molecule has 2 N–H and O–H groups in total. The number of hydrogen-bond donors (Lipinski definition) is 2. The molecule has 3 amide bonds. The van der Waals surface area contributed by atoms with Gasteiger partial charge in [0.2, 0.25) is 5.91 Å². The van der Waals surface area contributed by atoms with Crippen molar-refractivity contribution in [2.24, 2.45) is 5.92 Å². The van der Waals surface area contributed by atoms with Crippen molar-refractivity contribution in [2.75, 3.05) is 19.6 Å². The molecule has 0 atom stereocenters. The average Bonchev–Trinajstić information content (AvgIpc) is 3.33. The molecule has 2 aliphatic rings. The molecule has 0 unspecified atom stereocenters. The predicted octanol–water partition coefficient (Wildman–Crippen LogP) is 2.90. The van der Waals surface area contributed by atoms with E-state index in [2.05, 4.69) is 16.0 Å². The van der Waals surface area contributed by atoms with Gasteiger partial charge < -0.3 is 15.5 Å². The van der Waals surface area contributed by atoms with Crippen molar-refractivity contribution in [3.63, 3.8) is 0 Å². The fraction of sp³-hybridized carbons (Fsp3) is 0.737. The van der Waals surface area contributed by atoms with Crippen LogP contribution in [0.15, 0.2) is 5.38 Å². The highest BCUT2D eigenvalue weighted by molar-refractivity contribution is 7.09. The first-order valence-electron chi connectivity index (χ1n) is 9.61. The predicted molar refractivity (Wildman–Crippen MR) is 103 cm³/mol. The van der Waals surface area contributed by atoms with E-state index in [0.29, 0.717) is 12.5 Å². The number of piperidine rings is 1. The summed E-state index contributed by atoms with van der Waals surface area (Å²) in [6, 6.07) is 0.0298. The van der Waals surface area contributed by atoms with Crippen LogP contribution in [0.3, 0.4) is 0 Å². The third kappa shape index (κ3) is 5.43. The molecule has 1 aromatic heterocycles. The van der Waals surface area contributed by atoms with Crippen LogP contribution in [0, 0.1) is 5.92 Å². The van der Waals surface area contributed by atoms with Crippen molar-refractivity contribution in [2.45, 2.75) is 64.3 Å². The van der Waals surface area contributed by atoms with Crippen molar-refractivity contribution < 1.29 is 9.59 Å². The molecule has 3 rings (SSSR count). The zero-order chi connectivity index (χ0) is 18.7. The average molecular weight is 379 g/mol. The third-order valence-corrected chi connectivity index (χ3v) is 5.87. The molecule has 6 nitrogen and oxygen atoms in total. The van der Waals surface area contributed by atoms with E-state index in [1.807, 2.05) is 25.7 Å². The first-order valence-corrected chi connectivity index (χ1v) is 10.5. The Morgan fingerprint density at radius 2 is 1.92 bits per heavy atom. The molecule has 0 bridgehead atoms. The van der Waals surface area contributed by atoms with Crippen molar-refractivity contribution in [3.05, 3.63) is 16.1 Å². The Balaban J connectivity index is 1.42. The number of aromatic nitrogens is 1. The van der Waals surface area contributed by atoms with E-state index in [-0.39, 0.29) is 23.4 Å². The monoisotopic (exact) mass is 378 g/mol. The summed E-state index contributed by atoms with van der Waals surface area (Å²) in [5.41, 5.74) is 0.863. The number of thiazole rings is 1. The summed E-state index contributed by atoms with van der Waals surface area (Å²) in [4.78, 5) is 30.6. The molecule has 1 aliphatic carbocycles. The summed E-state index contributed by atoms with van der Waals surface area (Å²) in [7, 11) is 0. The van der Waals surface area contributed by atoms with Crippen LogP contribution in [0.5, 0.6) is 0 Å². The fourth-order valence-electron chi connectivity index (χ4n) is 3.16. The van der Waals surface area contributed by atoms with Gasteiger partial charge in [-0.1, -0.05) is 0 Å². The molecule has 1 saturated carbocycles. The summed E-state index contributed by atoms with van der Waals surface area (Å²) in [6.45, 7) is 8.23. The van der Waals surface area contributed by atoms with Crippen LogP contribution in [0.25, 0.3) is 0 Å². The maximum absolute atomic E-state index is 12.3. The molecule has 2 fully saturated rings. The first-order chi connectivity index (χ1) is 12.3. The second kappa shape index (κ2) is 7.94. The van der Waals surface area contributed by atoms with Gasteiger partial charge in [-0.3, -0.25) is 4.79 Å². The molecule has 0 spiro atoms. The van der Waals surface area contributed by atoms with Gasteiger partial charge in [-0.15, -0.1) is 11.3 Å². The third-order valence-electron chi connectivity index (χ3n) is 4.81. The first kappa shape index (κ1) is 19.1. The zero-order valence-electron chi connectivity index (χ0n) is 16.0. The second-order valence-electron chi connectivity index (χ2n) is 8.43. The van der Waals surface area contributed by atoms with E-state index in [1.54, 1.807) is 11.3 Å². The number of carbonyl (C=O) groups is 2. The Labute approximate surface area is 159 Å². The molecule has 1 aromatic rings. The minimum atomic E-state index is -0.201. The normalized spacial score (nSPS) is 18.7. The summed E-state index contributed by atoms with van der Waals surface area (Å²) in [6.07, 6.45) is 4.80. The Bertz CT molecular complexity index is 640. The largest absolute Gasteiger partial charge is 0.355 e. The van der Waals surface area contributed by atoms with Crippen molar-refractivity contribution in [1.29, 1.82) is 0 Å². The summed E-state index contributed by atoms with van der Waals surface area (Å²) >= 11 is 1.71. The van der Waals surface area contributed by atoms with Crippen LogP contribution in [0.1, 0.15) is 63.1 Å². The SMILES string of the molecule is CC(C)(C)NC(=O)N1CCC(c2nc(CCNC(=O)C3CC3)cs2)CC1. The van der Waals surface area contributed by atoms with E-state index < -0.39 is 0 Å². The number of nitrogens with zero attached hydrogens (tertiary/aromatic N) is 2. The molecule has 144 valence electrons. The van der Waals surface area contributed by atoms with Gasteiger partial charge in [0.15, 0.2) is 0 Å². The van der Waals surface area contributed by atoms with Crippen molar-refractivity contribution >= 4 is 23.3 Å². The van der Waals surface area contributed by atoms with Crippen LogP contribution in [-0.2, 0) is 11.2 Å². The quantitative estimate of drug-likeness (QED) is 0.827. The van der Waals surface area contributed by atoms with Crippen LogP contribution < -0.4 is 10.6 Å². The molecule has 0 aromatic carbocycles. The lowest BCUT2D eigenvalue weighted by atomic mass is 9.97. The van der Waals surface area contributed by atoms with Gasteiger partial charge in [0.25, 0.3) is 0 Å². The fourth-order valence-corrected chi connectivity index (χ4v) is 4.18. The molecule has 1 saturated heterocycles. The van der Waals surface area contributed by atoms with Gasteiger partial charge in [-0.25, -0.2) is 9.78 Å². The minimum absolute atomic E-state index is 0.0298. The Morgan fingerprint density at radius 1 is 1.23 bits per heavy atom. The highest BCUT2D eigenvalue weighted by Crippen LogP contribution is 2.31. The summed E-state index contributed by atoms with van der Waals surface area (Å²) in [5.74, 6) is 0.900. The Morgan fingerprint density at radius 3 is 2.54 bits per heavy atom. The molecule has 2 heterocycles. The number of rotatable bonds is 5. The lowest BCUT2D eigenvalue weighted by Crippen LogP contribution is -2.50. The standard InChI is InChI=1S/C19H30N4O2S/c1-19(2,3)22-18(25)23-10-7-14(8-11-23)17-21-15(12-26-17)6-9-20-16(24)13-4-5-13/h12-14H,4-11H2,1-3H3,(H,20,24)(H,22,25). The Hall–Kier alpha value is -1.63. The van der Waals surface area contributed by atoms with Gasteiger partial charge in [0, 0.05) is 48.8 Å². The maximum Gasteiger partial charge on any atom is 0.317 e. The highest BCUT2D eigenvalue weighted by Gasteiger charge is 2.29. The van der Waals surface area contributed by atoms with E-state index in [0.717, 1.165) is 50.9 Å². The highest BCUT2D eigenvalue weighted by atomic mass is 32.1. The van der Waals surface area contributed by atoms with E-state index in [4.69, 9.17) is 4.98 Å².